The molecule has 1 fully saturated rings. The van der Waals surface area contributed by atoms with E-state index in [1.165, 1.54) is 0 Å². The first kappa shape index (κ1) is 16.7. The number of hydrogen-bond donors (Lipinski definition) is 1. The maximum absolute atomic E-state index is 12.2. The van der Waals surface area contributed by atoms with Crippen LogP contribution < -0.4 is 5.73 Å². The summed E-state index contributed by atoms with van der Waals surface area (Å²) in [6.07, 6.45) is -4.10. The molecule has 0 radical (unpaired) electrons. The molecule has 114 valence electrons. The van der Waals surface area contributed by atoms with Gasteiger partial charge in [-0.1, -0.05) is 6.92 Å². The molecule has 19 heavy (non-hydrogen) atoms. The number of halogens is 3. The molecule has 0 saturated carbocycles. The molecule has 2 N–H and O–H groups in total. The summed E-state index contributed by atoms with van der Waals surface area (Å²) < 4.78 is 36.7. The van der Waals surface area contributed by atoms with E-state index in [4.69, 9.17) is 5.73 Å². The Bertz CT molecular complexity index is 262. The van der Waals surface area contributed by atoms with Crippen LogP contribution in [0.1, 0.15) is 33.1 Å². The van der Waals surface area contributed by atoms with Gasteiger partial charge in [-0.05, 0) is 26.3 Å². The molecule has 1 heterocycles. The van der Waals surface area contributed by atoms with Crippen LogP contribution in [0.5, 0.6) is 0 Å². The van der Waals surface area contributed by atoms with Gasteiger partial charge >= 0.3 is 6.18 Å². The minimum atomic E-state index is -4.06. The average molecular weight is 281 g/mol. The third-order valence-corrected chi connectivity index (χ3v) is 4.20. The van der Waals surface area contributed by atoms with Crippen LogP contribution in [0.15, 0.2) is 0 Å². The number of alkyl halides is 3. The van der Waals surface area contributed by atoms with Crippen molar-refractivity contribution in [1.82, 2.24) is 9.80 Å². The largest absolute Gasteiger partial charge is 0.389 e. The van der Waals surface area contributed by atoms with E-state index in [1.807, 2.05) is 6.92 Å². The second-order valence-corrected chi connectivity index (χ2v) is 5.59. The van der Waals surface area contributed by atoms with E-state index in [1.54, 1.807) is 0 Å². The Hall–Kier alpha value is -0.330. The van der Waals surface area contributed by atoms with Crippen LogP contribution in [0, 0.1) is 0 Å². The highest BCUT2D eigenvalue weighted by atomic mass is 19.4. The molecule has 1 aliphatic heterocycles. The summed E-state index contributed by atoms with van der Waals surface area (Å²) in [5.74, 6) is 0. The Morgan fingerprint density at radius 2 is 1.63 bits per heavy atom. The van der Waals surface area contributed by atoms with Crippen LogP contribution in [0.25, 0.3) is 0 Å². The molecule has 1 saturated heterocycles. The van der Waals surface area contributed by atoms with Crippen molar-refractivity contribution in [1.29, 1.82) is 0 Å². The van der Waals surface area contributed by atoms with Gasteiger partial charge in [0.1, 0.15) is 0 Å². The Balaban J connectivity index is 2.46. The quantitative estimate of drug-likeness (QED) is 0.809. The molecular weight excluding hydrogens is 255 g/mol. The van der Waals surface area contributed by atoms with Crippen molar-refractivity contribution in [2.75, 3.05) is 39.3 Å². The standard InChI is InChI=1S/C13H26F3N3/c1-3-18-7-9-19(10-8-18)12(2,11-17)5-4-6-13(14,15)16/h3-11,17H2,1-2H3. The lowest BCUT2D eigenvalue weighted by atomic mass is 9.91. The number of rotatable bonds is 6. The third-order valence-electron chi connectivity index (χ3n) is 4.20. The zero-order valence-corrected chi connectivity index (χ0v) is 12.0. The third kappa shape index (κ3) is 5.28. The summed E-state index contributed by atoms with van der Waals surface area (Å²) in [4.78, 5) is 4.61. The summed E-state index contributed by atoms with van der Waals surface area (Å²) in [5, 5.41) is 0. The van der Waals surface area contributed by atoms with Gasteiger partial charge in [0.05, 0.1) is 0 Å². The van der Waals surface area contributed by atoms with Crippen LogP contribution in [0.3, 0.4) is 0 Å². The molecule has 1 unspecified atom stereocenters. The monoisotopic (exact) mass is 281 g/mol. The maximum Gasteiger partial charge on any atom is 0.389 e. The van der Waals surface area contributed by atoms with Crippen molar-refractivity contribution >= 4 is 0 Å². The van der Waals surface area contributed by atoms with Gasteiger partial charge in [0.15, 0.2) is 0 Å². The van der Waals surface area contributed by atoms with Gasteiger partial charge in [-0.2, -0.15) is 13.2 Å². The molecule has 0 amide bonds. The average Bonchev–Trinajstić information content (AvgIpc) is 2.37. The maximum atomic E-state index is 12.2. The first-order valence-electron chi connectivity index (χ1n) is 7.05. The summed E-state index contributed by atoms with van der Waals surface area (Å²) >= 11 is 0. The molecule has 6 heteroatoms. The number of hydrogen-bond acceptors (Lipinski definition) is 3. The van der Waals surface area contributed by atoms with E-state index >= 15 is 0 Å². The van der Waals surface area contributed by atoms with Crippen LogP contribution in [-0.2, 0) is 0 Å². The molecule has 0 bridgehead atoms. The lowest BCUT2D eigenvalue weighted by molar-refractivity contribution is -0.137. The SMILES string of the molecule is CCN1CCN(C(C)(CN)CCCC(F)(F)F)CC1. The molecule has 3 nitrogen and oxygen atoms in total. The van der Waals surface area contributed by atoms with Crippen LogP contribution in [-0.4, -0.2) is 60.8 Å². The second-order valence-electron chi connectivity index (χ2n) is 5.59. The van der Waals surface area contributed by atoms with E-state index in [2.05, 4.69) is 16.7 Å². The van der Waals surface area contributed by atoms with Crippen LogP contribution in [0.2, 0.25) is 0 Å². The first-order chi connectivity index (χ1) is 8.80. The minimum absolute atomic E-state index is 0.158. The predicted octanol–water partition coefficient (Wildman–Crippen LogP) is 2.07. The van der Waals surface area contributed by atoms with E-state index in [-0.39, 0.29) is 12.0 Å². The van der Waals surface area contributed by atoms with Gasteiger partial charge in [-0.3, -0.25) is 4.90 Å². The Kier molecular flexibility index (Phi) is 6.08. The van der Waals surface area contributed by atoms with Crippen LogP contribution >= 0.6 is 0 Å². The lowest BCUT2D eigenvalue weighted by Gasteiger charge is -2.45. The van der Waals surface area contributed by atoms with Crippen LogP contribution in [0.4, 0.5) is 13.2 Å². The predicted molar refractivity (Wildman–Crippen MR) is 71.1 cm³/mol. The molecular formula is C13H26F3N3. The fraction of sp³-hybridized carbons (Fsp3) is 1.00. The molecule has 0 aromatic carbocycles. The molecule has 0 spiro atoms. The molecule has 1 rings (SSSR count). The van der Waals surface area contributed by atoms with Gasteiger partial charge in [0, 0.05) is 44.7 Å². The summed E-state index contributed by atoms with van der Waals surface area (Å²) in [5.41, 5.74) is 5.52. The number of nitrogens with two attached hydrogens (primary N) is 1. The number of piperazine rings is 1. The molecule has 0 aromatic heterocycles. The smallest absolute Gasteiger partial charge is 0.329 e. The molecule has 1 atom stereocenters. The van der Waals surface area contributed by atoms with Gasteiger partial charge < -0.3 is 10.6 Å². The van der Waals surface area contributed by atoms with Crippen molar-refractivity contribution in [2.45, 2.75) is 44.8 Å². The van der Waals surface area contributed by atoms with Crippen molar-refractivity contribution in [2.24, 2.45) is 5.73 Å². The Morgan fingerprint density at radius 3 is 2.05 bits per heavy atom. The van der Waals surface area contributed by atoms with E-state index in [9.17, 15) is 13.2 Å². The zero-order chi connectivity index (χ0) is 14.5. The van der Waals surface area contributed by atoms with Gasteiger partial charge in [0.2, 0.25) is 0 Å². The number of likely N-dealkylation sites (N-methyl/N-ethyl adjacent to an activating group) is 1. The fourth-order valence-electron chi connectivity index (χ4n) is 2.66. The summed E-state index contributed by atoms with van der Waals surface area (Å²) in [6.45, 7) is 9.31. The lowest BCUT2D eigenvalue weighted by Crippen LogP contribution is -2.58. The van der Waals surface area contributed by atoms with Gasteiger partial charge in [-0.25, -0.2) is 0 Å². The van der Waals surface area contributed by atoms with E-state index < -0.39 is 12.6 Å². The van der Waals surface area contributed by atoms with Gasteiger partial charge in [0.25, 0.3) is 0 Å². The Labute approximate surface area is 113 Å². The highest BCUT2D eigenvalue weighted by Gasteiger charge is 2.34. The van der Waals surface area contributed by atoms with Crippen molar-refractivity contribution < 1.29 is 13.2 Å². The van der Waals surface area contributed by atoms with E-state index in [0.717, 1.165) is 32.7 Å². The van der Waals surface area contributed by atoms with Crippen molar-refractivity contribution in [3.05, 3.63) is 0 Å². The van der Waals surface area contributed by atoms with Gasteiger partial charge in [-0.15, -0.1) is 0 Å². The topological polar surface area (TPSA) is 32.5 Å². The first-order valence-corrected chi connectivity index (χ1v) is 7.05. The second kappa shape index (κ2) is 6.90. The fourth-order valence-corrected chi connectivity index (χ4v) is 2.66. The number of nitrogens with zero attached hydrogens (tertiary/aromatic N) is 2. The Morgan fingerprint density at radius 1 is 1.05 bits per heavy atom. The van der Waals surface area contributed by atoms with E-state index in [0.29, 0.717) is 13.0 Å². The summed E-state index contributed by atoms with van der Waals surface area (Å²) in [6, 6.07) is 0. The molecule has 0 aromatic rings. The molecule has 0 aliphatic carbocycles. The van der Waals surface area contributed by atoms with Crippen molar-refractivity contribution in [3.8, 4) is 0 Å². The van der Waals surface area contributed by atoms with Crippen molar-refractivity contribution in [3.63, 3.8) is 0 Å². The molecule has 1 aliphatic rings. The zero-order valence-electron chi connectivity index (χ0n) is 12.0. The highest BCUT2D eigenvalue weighted by Crippen LogP contribution is 2.28. The normalized spacial score (nSPS) is 22.4. The summed E-state index contributed by atoms with van der Waals surface area (Å²) in [7, 11) is 0. The minimum Gasteiger partial charge on any atom is -0.329 e. The highest BCUT2D eigenvalue weighted by molar-refractivity contribution is 4.90.